The van der Waals surface area contributed by atoms with E-state index in [4.69, 9.17) is 0 Å². The summed E-state index contributed by atoms with van der Waals surface area (Å²) < 4.78 is 52.3. The van der Waals surface area contributed by atoms with Crippen LogP contribution in [0.1, 0.15) is 121 Å². The van der Waals surface area contributed by atoms with Gasteiger partial charge in [0.2, 0.25) is 0 Å². The van der Waals surface area contributed by atoms with Crippen molar-refractivity contribution in [1.82, 2.24) is 0 Å². The van der Waals surface area contributed by atoms with Crippen LogP contribution in [-0.4, -0.2) is 39.7 Å². The summed E-state index contributed by atoms with van der Waals surface area (Å²) in [5.41, 5.74) is 2.84. The second-order valence-electron chi connectivity index (χ2n) is 13.3. The molecule has 2 N–H and O–H groups in total. The molecule has 1 aromatic carbocycles. The van der Waals surface area contributed by atoms with Gasteiger partial charge in [-0.05, 0) is 115 Å². The van der Waals surface area contributed by atoms with E-state index in [1.807, 2.05) is 12.1 Å². The van der Waals surface area contributed by atoms with Crippen molar-refractivity contribution in [2.75, 3.05) is 11.5 Å². The average Bonchev–Trinajstić information content (AvgIpc) is 3.19. The molecule has 0 bridgehead atoms. The minimum absolute atomic E-state index is 0.0569. The molecule has 228 valence electrons. The van der Waals surface area contributed by atoms with E-state index < -0.39 is 18.3 Å². The van der Waals surface area contributed by atoms with Gasteiger partial charge in [0.05, 0.1) is 6.10 Å². The molecular formula is C33H50F4O2S. The van der Waals surface area contributed by atoms with Crippen LogP contribution in [0.5, 0.6) is 5.75 Å². The van der Waals surface area contributed by atoms with E-state index in [2.05, 4.69) is 13.0 Å². The zero-order valence-corrected chi connectivity index (χ0v) is 25.3. The molecule has 6 atom stereocenters. The lowest BCUT2D eigenvalue weighted by Crippen LogP contribution is -2.47. The van der Waals surface area contributed by atoms with Crippen molar-refractivity contribution in [1.29, 1.82) is 0 Å². The lowest BCUT2D eigenvalue weighted by molar-refractivity contribution is -0.200. The van der Waals surface area contributed by atoms with Gasteiger partial charge in [-0.25, -0.2) is 8.78 Å². The Morgan fingerprint density at radius 2 is 1.60 bits per heavy atom. The molecule has 6 unspecified atom stereocenters. The number of hydrogen-bond acceptors (Lipinski definition) is 3. The molecule has 0 spiro atoms. The second-order valence-corrected chi connectivity index (χ2v) is 14.6. The van der Waals surface area contributed by atoms with Crippen LogP contribution in [-0.2, 0) is 6.42 Å². The van der Waals surface area contributed by atoms with E-state index in [1.54, 1.807) is 11.8 Å². The molecule has 0 radical (unpaired) electrons. The molecule has 3 aliphatic carbocycles. The fourth-order valence-corrected chi connectivity index (χ4v) is 9.20. The SMILES string of the molecule is CC12CCC3c4ccc(O)cc4CC(CCCCCCCCCSCCCC(F)(F)C(C)(F)F)C3C1CCC2O. The standard InChI is InChI=1S/C33H50F4O2S/c1-31-18-16-27-26-13-12-25(38)22-24(26)21-23(30(27)28(31)14-15-29(31)39)11-8-6-4-3-5-7-9-19-40-20-10-17-33(36,37)32(2,34)35/h12-13,22-23,27-30,38-39H,3-11,14-21H2,1-2H3. The smallest absolute Gasteiger partial charge is 0.309 e. The van der Waals surface area contributed by atoms with Crippen LogP contribution in [0.2, 0.25) is 0 Å². The van der Waals surface area contributed by atoms with Gasteiger partial charge in [-0.2, -0.15) is 20.5 Å². The minimum Gasteiger partial charge on any atom is -0.508 e. The number of thioether (sulfide) groups is 1. The number of fused-ring (bicyclic) bond motifs is 5. The fourth-order valence-electron chi connectivity index (χ4n) is 8.24. The van der Waals surface area contributed by atoms with Gasteiger partial charge in [0.25, 0.3) is 0 Å². The summed E-state index contributed by atoms with van der Waals surface area (Å²) in [6.45, 7) is 2.63. The maximum absolute atomic E-state index is 13.3. The van der Waals surface area contributed by atoms with Gasteiger partial charge < -0.3 is 10.2 Å². The Hall–Kier alpha value is -0.950. The molecule has 0 heterocycles. The molecular weight excluding hydrogens is 536 g/mol. The third-order valence-electron chi connectivity index (χ3n) is 10.6. The Morgan fingerprint density at radius 3 is 2.33 bits per heavy atom. The van der Waals surface area contributed by atoms with E-state index >= 15 is 0 Å². The molecule has 4 rings (SSSR count). The zero-order valence-electron chi connectivity index (χ0n) is 24.5. The highest BCUT2D eigenvalue weighted by molar-refractivity contribution is 7.99. The number of benzene rings is 1. The molecule has 1 aromatic rings. The van der Waals surface area contributed by atoms with Gasteiger partial charge >= 0.3 is 11.8 Å². The van der Waals surface area contributed by atoms with Crippen molar-refractivity contribution >= 4 is 11.8 Å². The summed E-state index contributed by atoms with van der Waals surface area (Å²) in [5.74, 6) is -3.66. The maximum Gasteiger partial charge on any atom is 0.309 e. The maximum atomic E-state index is 13.3. The van der Waals surface area contributed by atoms with Crippen molar-refractivity contribution in [2.24, 2.45) is 23.2 Å². The van der Waals surface area contributed by atoms with Gasteiger partial charge in [-0.15, -0.1) is 0 Å². The highest BCUT2D eigenvalue weighted by Gasteiger charge is 2.56. The second kappa shape index (κ2) is 13.6. The van der Waals surface area contributed by atoms with E-state index in [0.717, 1.165) is 50.7 Å². The number of rotatable bonds is 15. The average molecular weight is 587 g/mol. The highest BCUT2D eigenvalue weighted by Crippen LogP contribution is 2.62. The van der Waals surface area contributed by atoms with Crippen LogP contribution < -0.4 is 0 Å². The van der Waals surface area contributed by atoms with Crippen molar-refractivity contribution < 1.29 is 27.8 Å². The van der Waals surface area contributed by atoms with Gasteiger partial charge in [-0.3, -0.25) is 0 Å². The van der Waals surface area contributed by atoms with Crippen LogP contribution in [0.25, 0.3) is 0 Å². The fraction of sp³-hybridized carbons (Fsp3) is 0.818. The highest BCUT2D eigenvalue weighted by atomic mass is 32.2. The van der Waals surface area contributed by atoms with E-state index in [-0.39, 0.29) is 17.9 Å². The lowest BCUT2D eigenvalue weighted by Gasteiger charge is -2.53. The number of halogens is 4. The number of aromatic hydroxyl groups is 1. The first-order chi connectivity index (χ1) is 18.9. The Kier molecular flexibility index (Phi) is 10.8. The molecule has 2 nitrogen and oxygen atoms in total. The Balaban J connectivity index is 1.13. The first kappa shape index (κ1) is 32.0. The number of alkyl halides is 4. The number of aliphatic hydroxyl groups is 1. The van der Waals surface area contributed by atoms with E-state index in [9.17, 15) is 27.8 Å². The van der Waals surface area contributed by atoms with Crippen LogP contribution in [0, 0.1) is 23.2 Å². The first-order valence-electron chi connectivity index (χ1n) is 15.8. The van der Waals surface area contributed by atoms with E-state index in [1.165, 1.54) is 49.7 Å². The first-order valence-corrected chi connectivity index (χ1v) is 16.9. The van der Waals surface area contributed by atoms with Crippen molar-refractivity contribution in [3.63, 3.8) is 0 Å². The quantitative estimate of drug-likeness (QED) is 0.159. The molecule has 7 heteroatoms. The largest absolute Gasteiger partial charge is 0.508 e. The summed E-state index contributed by atoms with van der Waals surface area (Å²) in [7, 11) is 0. The van der Waals surface area contributed by atoms with Crippen molar-refractivity contribution in [2.45, 2.75) is 134 Å². The third-order valence-corrected chi connectivity index (χ3v) is 11.8. The Labute approximate surface area is 243 Å². The third kappa shape index (κ3) is 7.33. The zero-order chi connectivity index (χ0) is 29.0. The topological polar surface area (TPSA) is 40.5 Å². The molecule has 0 saturated heterocycles. The normalized spacial score (nSPS) is 30.1. The van der Waals surface area contributed by atoms with Crippen LogP contribution in [0.3, 0.4) is 0 Å². The van der Waals surface area contributed by atoms with Crippen molar-refractivity contribution in [3.05, 3.63) is 29.3 Å². The van der Waals surface area contributed by atoms with Gasteiger partial charge in [0.15, 0.2) is 0 Å². The molecule has 3 aliphatic rings. The van der Waals surface area contributed by atoms with Gasteiger partial charge in [0.1, 0.15) is 5.75 Å². The molecule has 0 amide bonds. The lowest BCUT2D eigenvalue weighted by atomic mass is 9.52. The summed E-state index contributed by atoms with van der Waals surface area (Å²) in [4.78, 5) is 0. The predicted molar refractivity (Wildman–Crippen MR) is 157 cm³/mol. The molecule has 40 heavy (non-hydrogen) atoms. The summed E-state index contributed by atoms with van der Waals surface area (Å²) in [6, 6.07) is 6.01. The summed E-state index contributed by atoms with van der Waals surface area (Å²) >= 11 is 1.59. The predicted octanol–water partition coefficient (Wildman–Crippen LogP) is 9.76. The number of phenolic OH excluding ortho intramolecular Hbond substituents is 1. The number of unbranched alkanes of at least 4 members (excludes halogenated alkanes) is 6. The van der Waals surface area contributed by atoms with Crippen molar-refractivity contribution in [3.8, 4) is 5.75 Å². The number of phenols is 1. The number of aliphatic hydroxyl groups excluding tert-OH is 1. The van der Waals surface area contributed by atoms with Crippen LogP contribution >= 0.6 is 11.8 Å². The van der Waals surface area contributed by atoms with Crippen LogP contribution in [0.15, 0.2) is 18.2 Å². The minimum atomic E-state index is -3.94. The monoisotopic (exact) mass is 586 g/mol. The molecule has 2 saturated carbocycles. The number of hydrogen-bond donors (Lipinski definition) is 2. The van der Waals surface area contributed by atoms with Gasteiger partial charge in [0, 0.05) is 13.3 Å². The van der Waals surface area contributed by atoms with E-state index in [0.29, 0.717) is 42.1 Å². The molecule has 0 aliphatic heterocycles. The molecule has 0 aromatic heterocycles. The summed E-state index contributed by atoms with van der Waals surface area (Å²) in [5, 5.41) is 21.0. The van der Waals surface area contributed by atoms with Gasteiger partial charge in [-0.1, -0.05) is 51.5 Å². The van der Waals surface area contributed by atoms with Crippen LogP contribution in [0.4, 0.5) is 17.6 Å². The summed E-state index contributed by atoms with van der Waals surface area (Å²) in [6.07, 6.45) is 14.0. The molecule has 2 fully saturated rings. The Bertz CT molecular complexity index is 951. The Morgan fingerprint density at radius 1 is 0.925 bits per heavy atom.